The molecule has 0 atom stereocenters. The molecule has 0 bridgehead atoms. The van der Waals surface area contributed by atoms with Gasteiger partial charge in [0.15, 0.2) is 5.75 Å². The highest BCUT2D eigenvalue weighted by molar-refractivity contribution is 5.89. The Bertz CT molecular complexity index is 998. The van der Waals surface area contributed by atoms with Crippen LogP contribution in [0.1, 0.15) is 40.5 Å². The molecule has 0 amide bonds. The van der Waals surface area contributed by atoms with E-state index in [1.807, 2.05) is 13.0 Å². The molecule has 2 rings (SSSR count). The summed E-state index contributed by atoms with van der Waals surface area (Å²) in [5, 5.41) is 21.9. The van der Waals surface area contributed by atoms with Gasteiger partial charge < -0.3 is 14.4 Å². The van der Waals surface area contributed by atoms with Crippen molar-refractivity contribution in [1.82, 2.24) is 4.57 Å². The first-order chi connectivity index (χ1) is 13.3. The maximum Gasteiger partial charge on any atom is 0.297 e. The molecule has 28 heavy (non-hydrogen) atoms. The van der Waals surface area contributed by atoms with Crippen LogP contribution in [0.2, 0.25) is 0 Å². The molecule has 1 aromatic carbocycles. The zero-order valence-corrected chi connectivity index (χ0v) is 16.7. The lowest BCUT2D eigenvalue weighted by Crippen LogP contribution is -2.20. The van der Waals surface area contributed by atoms with Crippen LogP contribution in [-0.4, -0.2) is 21.2 Å². The van der Waals surface area contributed by atoms with Crippen LogP contribution in [0.5, 0.6) is 11.5 Å². The van der Waals surface area contributed by atoms with Gasteiger partial charge in [0.05, 0.1) is 10.4 Å². The van der Waals surface area contributed by atoms with E-state index in [4.69, 9.17) is 4.74 Å². The van der Waals surface area contributed by atoms with Gasteiger partial charge in [-0.3, -0.25) is 14.9 Å². The van der Waals surface area contributed by atoms with Crippen molar-refractivity contribution in [2.75, 3.05) is 6.61 Å². The predicted molar refractivity (Wildman–Crippen MR) is 110 cm³/mol. The fraction of sp³-hybridized carbons (Fsp3) is 0.381. The van der Waals surface area contributed by atoms with Gasteiger partial charge in [0.1, 0.15) is 6.61 Å². The van der Waals surface area contributed by atoms with Crippen molar-refractivity contribution in [3.8, 4) is 11.5 Å². The lowest BCUT2D eigenvalue weighted by atomic mass is 10.1. The van der Waals surface area contributed by atoms with E-state index in [2.05, 4.69) is 19.9 Å². The summed E-state index contributed by atoms with van der Waals surface area (Å²) in [6.07, 6.45) is 5.90. The van der Waals surface area contributed by atoms with Crippen LogP contribution >= 0.6 is 0 Å². The molecule has 0 radical (unpaired) electrons. The van der Waals surface area contributed by atoms with Crippen molar-refractivity contribution < 1.29 is 14.8 Å². The smallest absolute Gasteiger partial charge is 0.297 e. The molecule has 1 heterocycles. The number of nitro benzene ring substituents is 1. The average Bonchev–Trinajstić information content (AvgIpc) is 2.64. The van der Waals surface area contributed by atoms with E-state index in [-0.39, 0.29) is 24.6 Å². The van der Waals surface area contributed by atoms with Gasteiger partial charge in [-0.15, -0.1) is 0 Å². The first-order valence-corrected chi connectivity index (χ1v) is 9.22. The van der Waals surface area contributed by atoms with Crippen molar-refractivity contribution in [2.45, 2.75) is 47.1 Å². The molecular formula is C21H26N2O5. The van der Waals surface area contributed by atoms with Gasteiger partial charge in [0, 0.05) is 24.1 Å². The summed E-state index contributed by atoms with van der Waals surface area (Å²) in [5.74, 6) is -0.438. The number of aryl methyl sites for hydroxylation is 1. The minimum absolute atomic E-state index is 0.0490. The summed E-state index contributed by atoms with van der Waals surface area (Å²) in [6.45, 7) is 8.30. The number of ether oxygens (including phenoxy) is 1. The zero-order chi connectivity index (χ0) is 20.8. The van der Waals surface area contributed by atoms with E-state index in [1.165, 1.54) is 28.3 Å². The Morgan fingerprint density at radius 3 is 2.61 bits per heavy atom. The molecule has 0 fully saturated rings. The Labute approximate surface area is 163 Å². The van der Waals surface area contributed by atoms with Gasteiger partial charge in [-0.25, -0.2) is 0 Å². The van der Waals surface area contributed by atoms with Crippen LogP contribution in [0.25, 0.3) is 10.9 Å². The fourth-order valence-corrected chi connectivity index (χ4v) is 2.93. The van der Waals surface area contributed by atoms with E-state index in [9.17, 15) is 20.0 Å². The van der Waals surface area contributed by atoms with E-state index < -0.39 is 16.2 Å². The summed E-state index contributed by atoms with van der Waals surface area (Å²) in [5.41, 5.74) is 2.01. The fourth-order valence-electron chi connectivity index (χ4n) is 2.93. The summed E-state index contributed by atoms with van der Waals surface area (Å²) in [6, 6.07) is 4.16. The molecule has 0 aliphatic heterocycles. The second kappa shape index (κ2) is 9.21. The lowest BCUT2D eigenvalue weighted by molar-refractivity contribution is -0.384. The second-order valence-electron chi connectivity index (χ2n) is 6.87. The Hall–Kier alpha value is -3.09. The molecule has 1 aromatic heterocycles. The average molecular weight is 386 g/mol. The number of aromatic nitrogens is 1. The summed E-state index contributed by atoms with van der Waals surface area (Å²) in [7, 11) is 0. The summed E-state index contributed by atoms with van der Waals surface area (Å²) < 4.78 is 7.00. The van der Waals surface area contributed by atoms with Crippen LogP contribution in [0.3, 0.4) is 0 Å². The number of pyridine rings is 1. The Morgan fingerprint density at radius 2 is 2.00 bits per heavy atom. The minimum Gasteiger partial charge on any atom is -0.500 e. The van der Waals surface area contributed by atoms with Crippen LogP contribution < -0.4 is 10.3 Å². The first kappa shape index (κ1) is 21.2. The summed E-state index contributed by atoms with van der Waals surface area (Å²) in [4.78, 5) is 23.0. The highest BCUT2D eigenvalue weighted by atomic mass is 16.6. The largest absolute Gasteiger partial charge is 0.500 e. The SMILES string of the molecule is CCn1c(=O)c(O)c(OC/C=C(\C)CCC=C(C)C)c2ccc([N+](=O)[O-])cc21. The second-order valence-corrected chi connectivity index (χ2v) is 6.87. The van der Waals surface area contributed by atoms with Gasteiger partial charge in [0.25, 0.3) is 11.2 Å². The van der Waals surface area contributed by atoms with Gasteiger partial charge in [-0.2, -0.15) is 0 Å². The number of rotatable bonds is 8. The predicted octanol–water partition coefficient (Wildman–Crippen LogP) is 4.71. The van der Waals surface area contributed by atoms with E-state index in [0.29, 0.717) is 10.9 Å². The maximum absolute atomic E-state index is 12.5. The molecular weight excluding hydrogens is 360 g/mol. The monoisotopic (exact) mass is 386 g/mol. The molecule has 1 N–H and O–H groups in total. The van der Waals surface area contributed by atoms with E-state index in [0.717, 1.165) is 18.4 Å². The Morgan fingerprint density at radius 1 is 1.29 bits per heavy atom. The van der Waals surface area contributed by atoms with Crippen LogP contribution in [-0.2, 0) is 6.54 Å². The van der Waals surface area contributed by atoms with E-state index in [1.54, 1.807) is 6.92 Å². The highest BCUT2D eigenvalue weighted by Gasteiger charge is 2.19. The third-order valence-corrected chi connectivity index (χ3v) is 4.46. The van der Waals surface area contributed by atoms with Crippen LogP contribution in [0.15, 0.2) is 46.3 Å². The Balaban J connectivity index is 2.36. The van der Waals surface area contributed by atoms with Gasteiger partial charge in [0.2, 0.25) is 5.75 Å². The third kappa shape index (κ3) is 4.79. The number of nitro groups is 1. The topological polar surface area (TPSA) is 94.6 Å². The molecule has 0 spiro atoms. The van der Waals surface area contributed by atoms with Crippen molar-refractivity contribution in [3.63, 3.8) is 0 Å². The molecule has 7 nitrogen and oxygen atoms in total. The molecule has 0 aliphatic carbocycles. The maximum atomic E-state index is 12.5. The number of allylic oxidation sites excluding steroid dienone is 3. The highest BCUT2D eigenvalue weighted by Crippen LogP contribution is 2.33. The molecule has 7 heteroatoms. The van der Waals surface area contributed by atoms with Gasteiger partial charge >= 0.3 is 0 Å². The number of fused-ring (bicyclic) bond motifs is 1. The molecule has 0 unspecified atom stereocenters. The molecule has 0 saturated carbocycles. The number of non-ortho nitro benzene ring substituents is 1. The Kier molecular flexibility index (Phi) is 6.98. The minimum atomic E-state index is -0.630. The number of hydrogen-bond acceptors (Lipinski definition) is 5. The van der Waals surface area contributed by atoms with Gasteiger partial charge in [-0.05, 0) is 52.7 Å². The van der Waals surface area contributed by atoms with Crippen LogP contribution in [0.4, 0.5) is 5.69 Å². The van der Waals surface area contributed by atoms with Crippen molar-refractivity contribution in [2.24, 2.45) is 0 Å². The van der Waals surface area contributed by atoms with Crippen molar-refractivity contribution in [1.29, 1.82) is 0 Å². The number of aromatic hydroxyl groups is 1. The third-order valence-electron chi connectivity index (χ3n) is 4.46. The van der Waals surface area contributed by atoms with Crippen molar-refractivity contribution >= 4 is 16.6 Å². The zero-order valence-electron chi connectivity index (χ0n) is 16.7. The quantitative estimate of drug-likeness (QED) is 0.403. The molecule has 0 aliphatic rings. The molecule has 150 valence electrons. The first-order valence-electron chi connectivity index (χ1n) is 9.22. The van der Waals surface area contributed by atoms with Crippen LogP contribution in [0, 0.1) is 10.1 Å². The molecule has 2 aromatic rings. The van der Waals surface area contributed by atoms with Crippen molar-refractivity contribution in [3.05, 3.63) is 62.0 Å². The van der Waals surface area contributed by atoms with E-state index >= 15 is 0 Å². The standard InChI is InChI=1S/C21H26N2O5/c1-5-22-18-13-16(23(26)27)9-10-17(18)20(19(24)21(22)25)28-12-11-15(4)8-6-7-14(2)3/h7,9-11,13,24H,5-6,8,12H2,1-4H3/b15-11+. The normalized spacial score (nSPS) is 11.5. The lowest BCUT2D eigenvalue weighted by Gasteiger charge is -2.14. The molecule has 0 saturated heterocycles. The summed E-state index contributed by atoms with van der Waals surface area (Å²) >= 11 is 0. The van der Waals surface area contributed by atoms with Gasteiger partial charge in [-0.1, -0.05) is 17.2 Å². The number of hydrogen-bond donors (Lipinski definition) is 1. The number of nitrogens with zero attached hydrogens (tertiary/aromatic N) is 2. The number of benzene rings is 1.